The van der Waals surface area contributed by atoms with Crippen LogP contribution in [0.25, 0.3) is 0 Å². The monoisotopic (exact) mass is 446 g/mol. The number of hydrogen-bond acceptors (Lipinski definition) is 5. The highest BCUT2D eigenvalue weighted by Crippen LogP contribution is 2.28. The van der Waals surface area contributed by atoms with Gasteiger partial charge in [0.05, 0.1) is 12.1 Å². The first kappa shape index (κ1) is 17.4. The molecule has 2 amide bonds. The van der Waals surface area contributed by atoms with Crippen LogP contribution in [0, 0.1) is 11.8 Å². The van der Waals surface area contributed by atoms with Gasteiger partial charge in [0.15, 0.2) is 0 Å². The number of amides is 2. The van der Waals surface area contributed by atoms with Gasteiger partial charge in [0.25, 0.3) is 0 Å². The molecule has 1 aromatic carbocycles. The van der Waals surface area contributed by atoms with Crippen molar-refractivity contribution in [1.82, 2.24) is 10.6 Å². The minimum Gasteiger partial charge on any atom is -0.445 e. The zero-order valence-corrected chi connectivity index (χ0v) is 18.0. The first-order valence-electron chi connectivity index (χ1n) is 13.9. The minimum absolute atomic E-state index is 0.00569. The highest BCUT2D eigenvalue weighted by Gasteiger charge is 2.31. The van der Waals surface area contributed by atoms with Crippen molar-refractivity contribution in [2.45, 2.75) is 83.5 Å². The van der Waals surface area contributed by atoms with Gasteiger partial charge in [-0.2, -0.15) is 0 Å². The van der Waals surface area contributed by atoms with E-state index in [1.54, 1.807) is 24.3 Å². The molecule has 7 atom stereocenters. The van der Waals surface area contributed by atoms with Crippen molar-refractivity contribution in [3.05, 3.63) is 35.9 Å². The fourth-order valence-electron chi connectivity index (χ4n) is 3.20. The molecule has 0 aromatic heterocycles. The summed E-state index contributed by atoms with van der Waals surface area (Å²) in [5.74, 6) is -2.83. The van der Waals surface area contributed by atoms with E-state index < -0.39 is 81.1 Å². The van der Waals surface area contributed by atoms with Gasteiger partial charge < -0.3 is 25.6 Å². The van der Waals surface area contributed by atoms with Crippen LogP contribution in [0.5, 0.6) is 0 Å². The van der Waals surface area contributed by atoms with Crippen molar-refractivity contribution < 1.29 is 32.8 Å². The van der Waals surface area contributed by atoms with Crippen LogP contribution in [0.2, 0.25) is 0 Å². The maximum Gasteiger partial charge on any atom is 0.407 e. The zero-order valence-electron chi connectivity index (χ0n) is 24.0. The Morgan fingerprint density at radius 3 is 2.52 bits per heavy atom. The number of ether oxygens (including phenoxy) is 1. The fraction of sp³-hybridized carbons (Fsp3) is 0.667. The van der Waals surface area contributed by atoms with E-state index in [2.05, 4.69) is 10.6 Å². The van der Waals surface area contributed by atoms with Gasteiger partial charge >= 0.3 is 6.09 Å². The van der Waals surface area contributed by atoms with E-state index in [1.807, 2.05) is 19.9 Å². The van der Waals surface area contributed by atoms with Gasteiger partial charge in [-0.05, 0) is 30.2 Å². The average Bonchev–Trinajstić information content (AvgIpc) is 2.87. The van der Waals surface area contributed by atoms with E-state index in [1.165, 1.54) is 0 Å². The van der Waals surface area contributed by atoms with Gasteiger partial charge in [0, 0.05) is 8.22 Å². The standard InChI is InChI=1S/C24H38N2O5/c1-17(2)13-21(27)23(29)20(14-18-9-5-3-6-10-18)26-22(28)15-25-24(30)31-16-19-11-7-4-8-12-19/h4,7-8,11-12,17-18,20-21,23,27,29H,3,5-6,9-10,13-16H2,1-2H3,(H,25,30)(H,26,28)/t20-,21-,23+/m0/s1/i3T,5T,6T,9T,10T,18T/t3?,5?,6?,9?,10?,18?,20-,21-,23+. The van der Waals surface area contributed by atoms with Crippen LogP contribution in [0.15, 0.2) is 30.3 Å². The maximum absolute atomic E-state index is 12.6. The number of carbonyl (C=O) groups is 2. The topological polar surface area (TPSA) is 108 Å². The highest BCUT2D eigenvalue weighted by molar-refractivity contribution is 5.82. The second-order valence-corrected chi connectivity index (χ2v) is 7.97. The van der Waals surface area contributed by atoms with E-state index in [4.69, 9.17) is 13.0 Å². The normalized spacial score (nSPS) is 36.4. The SMILES string of the molecule is [3H]C1C([3H])C([3H])C([3H])(C[C@H](NC(=O)CNC(=O)OCc2ccccc2)[C@@H](O)[C@@H](O)CC(C)C)C([3H])C1[3H]. The molecule has 0 radical (unpaired) electrons. The Hall–Kier alpha value is -2.12. The van der Waals surface area contributed by atoms with E-state index in [-0.39, 0.29) is 18.9 Å². The van der Waals surface area contributed by atoms with Crippen molar-refractivity contribution in [2.24, 2.45) is 11.8 Å². The predicted octanol–water partition coefficient (Wildman–Crippen LogP) is 3.14. The number of rotatable bonds is 11. The van der Waals surface area contributed by atoms with E-state index in [0.29, 0.717) is 0 Å². The lowest BCUT2D eigenvalue weighted by atomic mass is 9.82. The van der Waals surface area contributed by atoms with Gasteiger partial charge in [-0.1, -0.05) is 76.2 Å². The predicted molar refractivity (Wildman–Crippen MR) is 119 cm³/mol. The number of aliphatic hydroxyl groups is 2. The quantitative estimate of drug-likeness (QED) is 0.418. The number of nitrogens with one attached hydrogen (secondary N) is 2. The van der Waals surface area contributed by atoms with Crippen LogP contribution >= 0.6 is 0 Å². The fourth-order valence-corrected chi connectivity index (χ4v) is 3.20. The molecule has 174 valence electrons. The minimum atomic E-state index is -2.06. The summed E-state index contributed by atoms with van der Waals surface area (Å²) in [4.78, 5) is 24.6. The zero-order chi connectivity index (χ0) is 27.9. The largest absolute Gasteiger partial charge is 0.445 e. The van der Waals surface area contributed by atoms with Gasteiger partial charge in [-0.3, -0.25) is 4.79 Å². The maximum atomic E-state index is 12.6. The molecule has 0 saturated heterocycles. The second-order valence-electron chi connectivity index (χ2n) is 7.97. The van der Waals surface area contributed by atoms with Crippen LogP contribution in [-0.2, 0) is 16.1 Å². The first-order chi connectivity index (χ1) is 17.3. The summed E-state index contributed by atoms with van der Waals surface area (Å²) in [6, 6.07) is 7.61. The summed E-state index contributed by atoms with van der Waals surface area (Å²) in [7, 11) is 0. The Kier molecular flexibility index (Phi) is 7.50. The molecule has 1 aromatic rings. The lowest BCUT2D eigenvalue weighted by Crippen LogP contribution is -2.52. The van der Waals surface area contributed by atoms with Gasteiger partial charge in [0.1, 0.15) is 19.3 Å². The average molecular weight is 447 g/mol. The van der Waals surface area contributed by atoms with Crippen LogP contribution in [0.3, 0.4) is 0 Å². The molecule has 1 aliphatic carbocycles. The molecule has 0 aliphatic heterocycles. The van der Waals surface area contributed by atoms with Crippen LogP contribution in [0.4, 0.5) is 4.79 Å². The van der Waals surface area contributed by atoms with Crippen LogP contribution < -0.4 is 10.6 Å². The lowest BCUT2D eigenvalue weighted by Gasteiger charge is -2.32. The van der Waals surface area contributed by atoms with Crippen molar-refractivity contribution >= 4 is 12.0 Å². The molecule has 31 heavy (non-hydrogen) atoms. The molecule has 0 heterocycles. The summed E-state index contributed by atoms with van der Waals surface area (Å²) in [5.41, 5.74) is 0.753. The summed E-state index contributed by atoms with van der Waals surface area (Å²) >= 11 is 0. The number of hydrogen-bond donors (Lipinski definition) is 4. The second kappa shape index (κ2) is 13.3. The Morgan fingerprint density at radius 2 is 1.87 bits per heavy atom. The van der Waals surface area contributed by atoms with E-state index >= 15 is 0 Å². The molecule has 7 heteroatoms. The highest BCUT2D eigenvalue weighted by atomic mass is 16.5. The van der Waals surface area contributed by atoms with Gasteiger partial charge in [-0.15, -0.1) is 0 Å². The van der Waals surface area contributed by atoms with Crippen LogP contribution in [0.1, 0.15) is 72.5 Å². The van der Waals surface area contributed by atoms with E-state index in [9.17, 15) is 19.8 Å². The summed E-state index contributed by atoms with van der Waals surface area (Å²) in [5, 5.41) is 26.1. The first-order valence-corrected chi connectivity index (χ1v) is 10.5. The third-order valence-corrected chi connectivity index (χ3v) is 4.77. The number of carbonyl (C=O) groups excluding carboxylic acids is 2. The van der Waals surface area contributed by atoms with Gasteiger partial charge in [-0.25, -0.2) is 4.79 Å². The van der Waals surface area contributed by atoms with E-state index in [0.717, 1.165) is 5.56 Å². The van der Waals surface area contributed by atoms with Gasteiger partial charge in [0.2, 0.25) is 5.91 Å². The molecular weight excluding hydrogens is 396 g/mol. The molecule has 0 spiro atoms. The summed E-state index contributed by atoms with van der Waals surface area (Å²) in [6.07, 6.45) is -11.3. The molecule has 0 bridgehead atoms. The Balaban J connectivity index is 2.09. The molecule has 2 rings (SSSR count). The third-order valence-electron chi connectivity index (χ3n) is 4.77. The summed E-state index contributed by atoms with van der Waals surface area (Å²) in [6.45, 7) is 3.11. The summed E-state index contributed by atoms with van der Waals surface area (Å²) < 4.78 is 54.6. The Morgan fingerprint density at radius 1 is 1.19 bits per heavy atom. The van der Waals surface area contributed by atoms with Crippen molar-refractivity contribution in [3.63, 3.8) is 0 Å². The Labute approximate surface area is 194 Å². The molecule has 7 nitrogen and oxygen atoms in total. The van der Waals surface area contributed by atoms with Crippen molar-refractivity contribution in [1.29, 1.82) is 0 Å². The lowest BCUT2D eigenvalue weighted by molar-refractivity contribution is -0.123. The molecule has 1 aliphatic rings. The van der Waals surface area contributed by atoms with Crippen molar-refractivity contribution in [2.75, 3.05) is 6.54 Å². The molecule has 1 fully saturated rings. The number of alkyl carbamates (subject to hydrolysis) is 1. The number of benzene rings is 1. The Bertz CT molecular complexity index is 866. The number of aliphatic hydroxyl groups excluding tert-OH is 2. The van der Waals surface area contributed by atoms with Crippen molar-refractivity contribution in [3.8, 4) is 0 Å². The molecule has 4 unspecified atom stereocenters. The third kappa shape index (κ3) is 9.70. The van der Waals surface area contributed by atoms with Crippen LogP contribution in [-0.4, -0.2) is 47.0 Å². The molecule has 4 N–H and O–H groups in total. The molecule has 1 saturated carbocycles. The molecular formula is C24H38N2O5. The smallest absolute Gasteiger partial charge is 0.407 e.